The van der Waals surface area contributed by atoms with Crippen molar-refractivity contribution in [3.05, 3.63) is 0 Å². The minimum atomic E-state index is -3.79. The molecule has 0 atom stereocenters. The van der Waals surface area contributed by atoms with Gasteiger partial charge in [-0.15, -0.1) is 4.28 Å². The number of hydrogen-bond donors (Lipinski definition) is 2. The SMILES string of the molecule is CC(C)S(=O)(=O)ONC(=O)O. The lowest BCUT2D eigenvalue weighted by Gasteiger charge is -2.05. The van der Waals surface area contributed by atoms with Crippen LogP contribution in [0.1, 0.15) is 13.8 Å². The summed E-state index contributed by atoms with van der Waals surface area (Å²) in [5.74, 6) is 0. The van der Waals surface area contributed by atoms with Gasteiger partial charge >= 0.3 is 6.09 Å². The van der Waals surface area contributed by atoms with Gasteiger partial charge in [-0.3, -0.25) is 0 Å². The highest BCUT2D eigenvalue weighted by Gasteiger charge is 2.17. The molecule has 0 rings (SSSR count). The van der Waals surface area contributed by atoms with Crippen LogP contribution in [0.3, 0.4) is 0 Å². The van der Waals surface area contributed by atoms with Crippen LogP contribution in [0.4, 0.5) is 4.79 Å². The molecule has 0 saturated carbocycles. The topological polar surface area (TPSA) is 92.7 Å². The van der Waals surface area contributed by atoms with Crippen molar-refractivity contribution >= 4 is 16.2 Å². The Hall–Kier alpha value is -0.820. The standard InChI is InChI=1S/C4H9NO5S/c1-3(2)11(8,9)10-5-4(6)7/h3,5H,1-2H3,(H,6,7). The van der Waals surface area contributed by atoms with Gasteiger partial charge in [0.2, 0.25) is 0 Å². The second-order valence-electron chi connectivity index (χ2n) is 2.03. The summed E-state index contributed by atoms with van der Waals surface area (Å²) in [4.78, 5) is 9.77. The fourth-order valence-electron chi connectivity index (χ4n) is 0.190. The quantitative estimate of drug-likeness (QED) is 0.597. The molecule has 0 radical (unpaired) electrons. The first-order valence-corrected chi connectivity index (χ1v) is 4.24. The zero-order valence-electron chi connectivity index (χ0n) is 6.07. The number of nitrogens with one attached hydrogen (secondary N) is 1. The van der Waals surface area contributed by atoms with Crippen molar-refractivity contribution in [1.29, 1.82) is 0 Å². The van der Waals surface area contributed by atoms with Crippen LogP contribution in [0.5, 0.6) is 0 Å². The predicted octanol–water partition coefficient (Wildman–Crippen LogP) is -0.0762. The maximum atomic E-state index is 10.7. The molecule has 0 heterocycles. The lowest BCUT2D eigenvalue weighted by molar-refractivity contribution is 0.138. The lowest BCUT2D eigenvalue weighted by Crippen LogP contribution is -2.29. The third-order valence-electron chi connectivity index (χ3n) is 0.822. The molecule has 0 aliphatic rings. The van der Waals surface area contributed by atoms with Crippen LogP contribution >= 0.6 is 0 Å². The Balaban J connectivity index is 4.05. The number of hydrogen-bond acceptors (Lipinski definition) is 4. The summed E-state index contributed by atoms with van der Waals surface area (Å²) >= 11 is 0. The molecule has 0 bridgehead atoms. The summed E-state index contributed by atoms with van der Waals surface area (Å²) in [5.41, 5.74) is 1.30. The molecule has 0 aliphatic heterocycles. The van der Waals surface area contributed by atoms with Crippen LogP contribution in [0.2, 0.25) is 0 Å². The Labute approximate surface area is 64.2 Å². The van der Waals surface area contributed by atoms with Crippen molar-refractivity contribution in [1.82, 2.24) is 5.48 Å². The molecule has 66 valence electrons. The highest BCUT2D eigenvalue weighted by atomic mass is 32.2. The summed E-state index contributed by atoms with van der Waals surface area (Å²) in [5, 5.41) is 7.19. The Bertz CT molecular complexity index is 231. The molecule has 0 aromatic heterocycles. The number of rotatable bonds is 3. The summed E-state index contributed by atoms with van der Waals surface area (Å²) in [6.45, 7) is 2.75. The van der Waals surface area contributed by atoms with Gasteiger partial charge in [0.15, 0.2) is 0 Å². The van der Waals surface area contributed by atoms with Crippen molar-refractivity contribution in [2.45, 2.75) is 19.1 Å². The van der Waals surface area contributed by atoms with E-state index in [0.717, 1.165) is 0 Å². The van der Waals surface area contributed by atoms with E-state index in [0.29, 0.717) is 0 Å². The molecule has 0 spiro atoms. The van der Waals surface area contributed by atoms with Gasteiger partial charge in [-0.1, -0.05) is 0 Å². The molecule has 11 heavy (non-hydrogen) atoms. The fraction of sp³-hybridized carbons (Fsp3) is 0.750. The van der Waals surface area contributed by atoms with E-state index in [1.54, 1.807) is 0 Å². The molecule has 0 saturated heterocycles. The molecule has 0 aromatic rings. The summed E-state index contributed by atoms with van der Waals surface area (Å²) in [7, 11) is -3.79. The van der Waals surface area contributed by atoms with Gasteiger partial charge in [-0.05, 0) is 13.8 Å². The van der Waals surface area contributed by atoms with Gasteiger partial charge in [0.1, 0.15) is 0 Å². The second-order valence-corrected chi connectivity index (χ2v) is 4.13. The second kappa shape index (κ2) is 3.54. The molecule has 0 fully saturated rings. The zero-order valence-corrected chi connectivity index (χ0v) is 6.88. The predicted molar refractivity (Wildman–Crippen MR) is 36.3 cm³/mol. The van der Waals surface area contributed by atoms with Gasteiger partial charge in [0.25, 0.3) is 10.1 Å². The maximum Gasteiger partial charge on any atom is 0.429 e. The first kappa shape index (κ1) is 10.2. The van der Waals surface area contributed by atoms with E-state index in [2.05, 4.69) is 4.28 Å². The number of amides is 1. The van der Waals surface area contributed by atoms with Gasteiger partial charge in [0.05, 0.1) is 5.25 Å². The van der Waals surface area contributed by atoms with E-state index in [1.807, 2.05) is 0 Å². The highest BCUT2D eigenvalue weighted by molar-refractivity contribution is 7.87. The number of carbonyl (C=O) groups is 1. The average Bonchev–Trinajstić information content (AvgIpc) is 1.84. The van der Waals surface area contributed by atoms with Crippen LogP contribution < -0.4 is 5.48 Å². The molecular weight excluding hydrogens is 174 g/mol. The average molecular weight is 183 g/mol. The molecule has 0 unspecified atom stereocenters. The molecule has 2 N–H and O–H groups in total. The van der Waals surface area contributed by atoms with Gasteiger partial charge < -0.3 is 5.11 Å². The van der Waals surface area contributed by atoms with E-state index in [-0.39, 0.29) is 0 Å². The smallest absolute Gasteiger partial charge is 0.429 e. The van der Waals surface area contributed by atoms with Crippen molar-refractivity contribution in [3.8, 4) is 0 Å². The Morgan fingerprint density at radius 3 is 2.27 bits per heavy atom. The summed E-state index contributed by atoms with van der Waals surface area (Å²) in [6.07, 6.45) is -1.55. The molecule has 1 amide bonds. The van der Waals surface area contributed by atoms with Crippen LogP contribution in [0, 0.1) is 0 Å². The zero-order chi connectivity index (χ0) is 9.07. The Morgan fingerprint density at radius 2 is 2.00 bits per heavy atom. The largest absolute Gasteiger partial charge is 0.464 e. The van der Waals surface area contributed by atoms with Gasteiger partial charge in [-0.25, -0.2) is 4.79 Å². The minimum Gasteiger partial charge on any atom is -0.464 e. The summed E-state index contributed by atoms with van der Waals surface area (Å²) in [6, 6.07) is 0. The first-order valence-electron chi connectivity index (χ1n) is 2.77. The third kappa shape index (κ3) is 3.79. The van der Waals surface area contributed by atoms with Crippen LogP contribution in [-0.4, -0.2) is 24.9 Å². The van der Waals surface area contributed by atoms with Crippen molar-refractivity contribution in [2.24, 2.45) is 0 Å². The number of hydroxylamine groups is 1. The van der Waals surface area contributed by atoms with E-state index in [9.17, 15) is 13.2 Å². The van der Waals surface area contributed by atoms with Crippen LogP contribution in [0.15, 0.2) is 0 Å². The number of carboxylic acid groups (broad SMARTS) is 1. The molecule has 0 aliphatic carbocycles. The molecule has 6 nitrogen and oxygen atoms in total. The van der Waals surface area contributed by atoms with E-state index >= 15 is 0 Å². The van der Waals surface area contributed by atoms with Gasteiger partial charge in [0, 0.05) is 0 Å². The van der Waals surface area contributed by atoms with E-state index in [1.165, 1.54) is 19.3 Å². The normalized spacial score (nSPS) is 11.5. The lowest BCUT2D eigenvalue weighted by atomic mass is 10.6. The van der Waals surface area contributed by atoms with Gasteiger partial charge in [-0.2, -0.15) is 13.9 Å². The van der Waals surface area contributed by atoms with Crippen molar-refractivity contribution < 1.29 is 22.6 Å². The minimum absolute atomic E-state index is 0.769. The first-order chi connectivity index (χ1) is 4.86. The Morgan fingerprint density at radius 1 is 1.55 bits per heavy atom. The molecule has 7 heteroatoms. The van der Waals surface area contributed by atoms with Crippen LogP contribution in [-0.2, 0) is 14.4 Å². The Kier molecular flexibility index (Phi) is 3.27. The molecule has 0 aromatic carbocycles. The van der Waals surface area contributed by atoms with E-state index < -0.39 is 21.5 Å². The monoisotopic (exact) mass is 183 g/mol. The fourth-order valence-corrected chi connectivity index (χ4v) is 0.570. The van der Waals surface area contributed by atoms with E-state index in [4.69, 9.17) is 5.11 Å². The van der Waals surface area contributed by atoms with Crippen molar-refractivity contribution in [3.63, 3.8) is 0 Å². The third-order valence-corrected chi connectivity index (χ3v) is 2.29. The van der Waals surface area contributed by atoms with Crippen LogP contribution in [0.25, 0.3) is 0 Å². The maximum absolute atomic E-state index is 10.7. The summed E-state index contributed by atoms with van der Waals surface area (Å²) < 4.78 is 25.2. The van der Waals surface area contributed by atoms with Crippen molar-refractivity contribution in [2.75, 3.05) is 0 Å². The molecular formula is C4H9NO5S. The highest BCUT2D eigenvalue weighted by Crippen LogP contribution is 1.99.